The van der Waals surface area contributed by atoms with Gasteiger partial charge in [0.05, 0.1) is 31.5 Å². The van der Waals surface area contributed by atoms with Crippen LogP contribution in [0.25, 0.3) is 11.1 Å². The molecule has 2 aliphatic carbocycles. The lowest BCUT2D eigenvalue weighted by atomic mass is 9.96. The average molecular weight is 774 g/mol. The highest BCUT2D eigenvalue weighted by Crippen LogP contribution is 2.53. The Morgan fingerprint density at radius 2 is 1.83 bits per heavy atom. The lowest BCUT2D eigenvalue weighted by Crippen LogP contribution is -2.53. The van der Waals surface area contributed by atoms with Crippen LogP contribution in [0.2, 0.25) is 5.02 Å². The van der Waals surface area contributed by atoms with Gasteiger partial charge in [0, 0.05) is 53.1 Å². The number of carbonyl (C=O) groups excluding carboxylic acids is 2. The van der Waals surface area contributed by atoms with Gasteiger partial charge in [-0.1, -0.05) is 29.8 Å². The molecule has 15 heteroatoms. The molecule has 3 aromatic rings. The van der Waals surface area contributed by atoms with Gasteiger partial charge >= 0.3 is 6.09 Å². The summed E-state index contributed by atoms with van der Waals surface area (Å²) in [5.41, 5.74) is 3.40. The molecule has 5 rings (SSSR count). The topological polar surface area (TPSA) is 191 Å². The largest absolute Gasteiger partial charge is 0.490 e. The van der Waals surface area contributed by atoms with Crippen LogP contribution in [0.4, 0.5) is 4.79 Å². The standard InChI is InChI=1S/C38H48ClN3O10S/c1-2-50-37(49)41-16-18-42(36(48)35(47)34(46)33(45)31(44)22-43)17-5-19-53-26-10-11-30(39)24(20-26)23-51-38(13-14-38)29-21-40-15-12-27(29)28-6-3-4-7-32(28)52-25-8-9-25/h3-4,6-7,10-12,15,20-21,25,31,33-35,43-47H,2,5,8-9,13-14,16-19,22-23H2,1H3,(H,41,49)/t31-,33+,34-,35-/m0/s1. The minimum atomic E-state index is -2.08. The Morgan fingerprint density at radius 1 is 1.06 bits per heavy atom. The minimum absolute atomic E-state index is 0.00563. The zero-order valence-corrected chi connectivity index (χ0v) is 31.2. The summed E-state index contributed by atoms with van der Waals surface area (Å²) in [5, 5.41) is 52.7. The first kappa shape index (κ1) is 40.7. The zero-order valence-electron chi connectivity index (χ0n) is 29.6. The van der Waals surface area contributed by atoms with Crippen molar-refractivity contribution in [3.8, 4) is 16.9 Å². The van der Waals surface area contributed by atoms with Crippen molar-refractivity contribution in [2.75, 3.05) is 38.6 Å². The van der Waals surface area contributed by atoms with Crippen molar-refractivity contribution in [3.63, 3.8) is 0 Å². The molecule has 2 amide bonds. The molecule has 2 saturated carbocycles. The zero-order chi connectivity index (χ0) is 38.0. The molecule has 0 saturated heterocycles. The van der Waals surface area contributed by atoms with E-state index in [1.807, 2.05) is 48.7 Å². The third-order valence-corrected chi connectivity index (χ3v) is 10.6. The van der Waals surface area contributed by atoms with Crippen molar-refractivity contribution in [2.45, 2.75) is 86.7 Å². The number of pyridine rings is 1. The van der Waals surface area contributed by atoms with Gasteiger partial charge in [-0.25, -0.2) is 4.79 Å². The Balaban J connectivity index is 1.19. The number of aliphatic hydroxyl groups excluding tert-OH is 5. The number of thioether (sulfide) groups is 1. The van der Waals surface area contributed by atoms with Gasteiger partial charge in [-0.3, -0.25) is 9.78 Å². The van der Waals surface area contributed by atoms with Crippen LogP contribution in [0, 0.1) is 0 Å². The lowest BCUT2D eigenvalue weighted by molar-refractivity contribution is -0.158. The summed E-state index contributed by atoms with van der Waals surface area (Å²) < 4.78 is 17.7. The summed E-state index contributed by atoms with van der Waals surface area (Å²) >= 11 is 8.17. The number of aromatic nitrogens is 1. The van der Waals surface area contributed by atoms with Crippen LogP contribution in [0.15, 0.2) is 65.8 Å². The first-order valence-electron chi connectivity index (χ1n) is 17.8. The first-order valence-corrected chi connectivity index (χ1v) is 19.2. The van der Waals surface area contributed by atoms with E-state index >= 15 is 0 Å². The van der Waals surface area contributed by atoms with E-state index < -0.39 is 48.6 Å². The number of aliphatic hydroxyl groups is 5. The molecule has 0 aliphatic heterocycles. The number of hydrogen-bond acceptors (Lipinski definition) is 12. The highest BCUT2D eigenvalue weighted by Gasteiger charge is 2.48. The summed E-state index contributed by atoms with van der Waals surface area (Å²) in [5.74, 6) is 0.512. The number of benzene rings is 2. The second-order valence-corrected chi connectivity index (χ2v) is 14.7. The van der Waals surface area contributed by atoms with E-state index in [1.54, 1.807) is 13.1 Å². The van der Waals surface area contributed by atoms with Gasteiger partial charge < -0.3 is 50.0 Å². The highest BCUT2D eigenvalue weighted by molar-refractivity contribution is 7.99. The van der Waals surface area contributed by atoms with Crippen molar-refractivity contribution in [3.05, 3.63) is 77.1 Å². The van der Waals surface area contributed by atoms with E-state index in [0.717, 1.165) is 58.6 Å². The number of para-hydroxylation sites is 1. The Bertz CT molecular complexity index is 1680. The number of amides is 2. The Kier molecular flexibility index (Phi) is 14.8. The van der Waals surface area contributed by atoms with E-state index in [2.05, 4.69) is 16.4 Å². The van der Waals surface area contributed by atoms with Crippen LogP contribution < -0.4 is 10.1 Å². The van der Waals surface area contributed by atoms with Gasteiger partial charge in [0.1, 0.15) is 24.1 Å². The van der Waals surface area contributed by atoms with Gasteiger partial charge in [-0.05, 0) is 86.2 Å². The summed E-state index contributed by atoms with van der Waals surface area (Å²) in [6.07, 6.45) is -0.282. The maximum absolute atomic E-state index is 13.1. The summed E-state index contributed by atoms with van der Waals surface area (Å²) in [6.45, 7) is 1.36. The third-order valence-electron chi connectivity index (χ3n) is 9.12. The number of alkyl carbamates (subject to hydrolysis) is 1. The predicted octanol–water partition coefficient (Wildman–Crippen LogP) is 3.64. The van der Waals surface area contributed by atoms with Crippen molar-refractivity contribution < 1.29 is 49.3 Å². The number of ether oxygens (including phenoxy) is 3. The van der Waals surface area contributed by atoms with E-state index in [4.69, 9.17) is 30.9 Å². The number of hydrogen-bond donors (Lipinski definition) is 6. The molecule has 0 unspecified atom stereocenters. The molecular formula is C38H48ClN3O10S. The molecule has 13 nitrogen and oxygen atoms in total. The van der Waals surface area contributed by atoms with E-state index in [-0.39, 0.29) is 39.0 Å². The van der Waals surface area contributed by atoms with Gasteiger partial charge in [0.25, 0.3) is 5.91 Å². The first-order chi connectivity index (χ1) is 25.6. The van der Waals surface area contributed by atoms with Crippen molar-refractivity contribution >= 4 is 35.4 Å². The fourth-order valence-corrected chi connectivity index (χ4v) is 6.90. The quantitative estimate of drug-likeness (QED) is 0.0682. The van der Waals surface area contributed by atoms with Crippen LogP contribution in [0.5, 0.6) is 5.75 Å². The van der Waals surface area contributed by atoms with Crippen LogP contribution in [-0.2, 0) is 26.5 Å². The SMILES string of the molecule is CCOC(=O)NCCN(CCCSc1ccc(Cl)c(COC2(c3cnccc3-c3ccccc3OC3CC3)CC2)c1)C(=O)[C@@H](O)[C@@H](O)[C@H](O)[C@@H](O)CO. The second kappa shape index (κ2) is 19.2. The van der Waals surface area contributed by atoms with Gasteiger partial charge in [0.15, 0.2) is 6.10 Å². The molecule has 4 atom stereocenters. The molecule has 6 N–H and O–H groups in total. The third kappa shape index (κ3) is 11.0. The molecule has 2 fully saturated rings. The second-order valence-electron chi connectivity index (χ2n) is 13.1. The minimum Gasteiger partial charge on any atom is -0.490 e. The number of carbonyl (C=O) groups is 2. The summed E-state index contributed by atoms with van der Waals surface area (Å²) in [6, 6.07) is 15.8. The number of halogens is 1. The maximum Gasteiger partial charge on any atom is 0.407 e. The number of rotatable bonds is 21. The van der Waals surface area contributed by atoms with Gasteiger partial charge in [0.2, 0.25) is 0 Å². The fraction of sp³-hybridized carbons (Fsp3) is 0.500. The van der Waals surface area contributed by atoms with Crippen LogP contribution in [0.3, 0.4) is 0 Å². The molecule has 288 valence electrons. The average Bonchev–Trinajstić information content (AvgIpc) is 4.12. The molecule has 0 bridgehead atoms. The van der Waals surface area contributed by atoms with E-state index in [0.29, 0.717) is 17.2 Å². The van der Waals surface area contributed by atoms with Crippen LogP contribution in [0.1, 0.15) is 50.2 Å². The molecule has 2 aromatic carbocycles. The molecule has 53 heavy (non-hydrogen) atoms. The Morgan fingerprint density at radius 3 is 2.55 bits per heavy atom. The fourth-order valence-electron chi connectivity index (χ4n) is 5.83. The Labute approximate surface area is 318 Å². The summed E-state index contributed by atoms with van der Waals surface area (Å²) in [7, 11) is 0. The van der Waals surface area contributed by atoms with Crippen LogP contribution in [-0.4, -0.2) is 117 Å². The normalized spacial score (nSPS) is 17.0. The van der Waals surface area contributed by atoms with Gasteiger partial charge in [-0.2, -0.15) is 0 Å². The smallest absolute Gasteiger partial charge is 0.407 e. The molecule has 0 spiro atoms. The van der Waals surface area contributed by atoms with E-state index in [1.165, 1.54) is 16.7 Å². The molecule has 2 aliphatic rings. The number of nitrogens with one attached hydrogen (secondary N) is 1. The van der Waals surface area contributed by atoms with Crippen molar-refractivity contribution in [1.82, 2.24) is 15.2 Å². The molecule has 0 radical (unpaired) electrons. The van der Waals surface area contributed by atoms with Crippen molar-refractivity contribution in [1.29, 1.82) is 0 Å². The predicted molar refractivity (Wildman–Crippen MR) is 199 cm³/mol. The van der Waals surface area contributed by atoms with Gasteiger partial charge in [-0.15, -0.1) is 11.8 Å². The Hall–Kier alpha value is -3.47. The number of nitrogens with zero attached hydrogens (tertiary/aromatic N) is 2. The maximum atomic E-state index is 13.1. The van der Waals surface area contributed by atoms with Crippen LogP contribution >= 0.6 is 23.4 Å². The molecule has 1 aromatic heterocycles. The molecular weight excluding hydrogens is 726 g/mol. The monoisotopic (exact) mass is 773 g/mol. The van der Waals surface area contributed by atoms with E-state index in [9.17, 15) is 30.0 Å². The van der Waals surface area contributed by atoms with Crippen molar-refractivity contribution in [2.24, 2.45) is 0 Å². The lowest BCUT2D eigenvalue weighted by Gasteiger charge is -2.30. The summed E-state index contributed by atoms with van der Waals surface area (Å²) in [4.78, 5) is 31.5. The molecule has 1 heterocycles. The highest BCUT2D eigenvalue weighted by atomic mass is 35.5.